The summed E-state index contributed by atoms with van der Waals surface area (Å²) < 4.78 is 0. The first-order chi connectivity index (χ1) is 12.2. The molecular weight excluding hydrogens is 312 g/mol. The van der Waals surface area contributed by atoms with E-state index in [1.807, 2.05) is 60.7 Å². The summed E-state index contributed by atoms with van der Waals surface area (Å²) in [4.78, 5) is 17.2. The van der Waals surface area contributed by atoms with E-state index in [4.69, 9.17) is 0 Å². The molecule has 1 saturated carbocycles. The van der Waals surface area contributed by atoms with Gasteiger partial charge in [0.2, 0.25) is 0 Å². The Morgan fingerprint density at radius 2 is 1.80 bits per heavy atom. The zero-order chi connectivity index (χ0) is 17.2. The summed E-state index contributed by atoms with van der Waals surface area (Å²) in [5.41, 5.74) is 2.50. The average molecular weight is 332 g/mol. The zero-order valence-corrected chi connectivity index (χ0v) is 13.8. The minimum absolute atomic E-state index is 0.0939. The van der Waals surface area contributed by atoms with E-state index in [9.17, 15) is 9.90 Å². The summed E-state index contributed by atoms with van der Waals surface area (Å²) >= 11 is 0. The number of rotatable bonds is 4. The first kappa shape index (κ1) is 15.8. The molecule has 1 fully saturated rings. The quantitative estimate of drug-likeness (QED) is 0.769. The van der Waals surface area contributed by atoms with E-state index in [2.05, 4.69) is 10.3 Å². The SMILES string of the molecule is O=C(N[C@H](c1ccccc1)C1CC(O)C1)c1cnc2ccccc2c1. The molecule has 0 bridgehead atoms. The lowest BCUT2D eigenvalue weighted by Gasteiger charge is -2.38. The summed E-state index contributed by atoms with van der Waals surface area (Å²) in [6.07, 6.45) is 2.80. The van der Waals surface area contributed by atoms with Crippen molar-refractivity contribution in [2.75, 3.05) is 0 Å². The second kappa shape index (κ2) is 6.65. The monoisotopic (exact) mass is 332 g/mol. The van der Waals surface area contributed by atoms with E-state index in [1.165, 1.54) is 0 Å². The predicted octanol–water partition coefficient (Wildman–Crippen LogP) is 3.48. The van der Waals surface area contributed by atoms with Crippen molar-refractivity contribution in [3.63, 3.8) is 0 Å². The number of hydrogen-bond acceptors (Lipinski definition) is 3. The summed E-state index contributed by atoms with van der Waals surface area (Å²) in [6, 6.07) is 19.5. The number of aliphatic hydroxyl groups excluding tert-OH is 1. The third kappa shape index (κ3) is 3.26. The molecule has 0 unspecified atom stereocenters. The minimum Gasteiger partial charge on any atom is -0.393 e. The molecule has 1 aromatic heterocycles. The van der Waals surface area contributed by atoms with E-state index < -0.39 is 0 Å². The van der Waals surface area contributed by atoms with Crippen molar-refractivity contribution >= 4 is 16.8 Å². The second-order valence-electron chi connectivity index (χ2n) is 6.66. The standard InChI is InChI=1S/C21H20N2O2/c24-18-11-16(12-18)20(14-6-2-1-3-7-14)23-21(25)17-10-15-8-4-5-9-19(15)22-13-17/h1-10,13,16,18,20,24H,11-12H2,(H,23,25)/t16?,18?,20-/m1/s1. The van der Waals surface area contributed by atoms with Crippen LogP contribution in [0.15, 0.2) is 66.9 Å². The van der Waals surface area contributed by atoms with Crippen molar-refractivity contribution in [1.29, 1.82) is 0 Å². The van der Waals surface area contributed by atoms with Crippen LogP contribution in [0.1, 0.15) is 34.8 Å². The molecule has 126 valence electrons. The Morgan fingerprint density at radius 3 is 2.56 bits per heavy atom. The molecular formula is C21H20N2O2. The van der Waals surface area contributed by atoms with Gasteiger partial charge in [0, 0.05) is 11.6 Å². The van der Waals surface area contributed by atoms with Gasteiger partial charge in [0.05, 0.1) is 23.2 Å². The highest BCUT2D eigenvalue weighted by Gasteiger charge is 2.35. The van der Waals surface area contributed by atoms with Crippen LogP contribution >= 0.6 is 0 Å². The van der Waals surface area contributed by atoms with Gasteiger partial charge in [-0.15, -0.1) is 0 Å². The number of carbonyl (C=O) groups is 1. The van der Waals surface area contributed by atoms with Crippen LogP contribution in [0.25, 0.3) is 10.9 Å². The lowest BCUT2D eigenvalue weighted by molar-refractivity contribution is 0.0235. The Hall–Kier alpha value is -2.72. The highest BCUT2D eigenvalue weighted by atomic mass is 16.3. The van der Waals surface area contributed by atoms with Gasteiger partial charge >= 0.3 is 0 Å². The molecule has 4 heteroatoms. The maximum atomic E-state index is 12.8. The molecule has 25 heavy (non-hydrogen) atoms. The van der Waals surface area contributed by atoms with Crippen molar-refractivity contribution < 1.29 is 9.90 Å². The van der Waals surface area contributed by atoms with Crippen LogP contribution < -0.4 is 5.32 Å². The van der Waals surface area contributed by atoms with E-state index >= 15 is 0 Å². The highest BCUT2D eigenvalue weighted by molar-refractivity contribution is 5.97. The topological polar surface area (TPSA) is 62.2 Å². The largest absolute Gasteiger partial charge is 0.393 e. The van der Waals surface area contributed by atoms with Gasteiger partial charge in [-0.3, -0.25) is 9.78 Å². The third-order valence-corrected chi connectivity index (χ3v) is 4.92. The molecule has 1 heterocycles. The summed E-state index contributed by atoms with van der Waals surface area (Å²) in [5.74, 6) is 0.128. The molecule has 1 aliphatic rings. The number of benzene rings is 2. The van der Waals surface area contributed by atoms with Crippen molar-refractivity contribution in [3.8, 4) is 0 Å². The smallest absolute Gasteiger partial charge is 0.253 e. The van der Waals surface area contributed by atoms with Gasteiger partial charge in [0.1, 0.15) is 0 Å². The van der Waals surface area contributed by atoms with Crippen LogP contribution in [-0.2, 0) is 0 Å². The number of aliphatic hydroxyl groups is 1. The number of nitrogens with one attached hydrogen (secondary N) is 1. The maximum Gasteiger partial charge on any atom is 0.253 e. The number of aromatic nitrogens is 1. The Kier molecular flexibility index (Phi) is 4.20. The van der Waals surface area contributed by atoms with Gasteiger partial charge in [-0.25, -0.2) is 0 Å². The fourth-order valence-corrected chi connectivity index (χ4v) is 3.46. The molecule has 2 N–H and O–H groups in total. The predicted molar refractivity (Wildman–Crippen MR) is 97.1 cm³/mol. The molecule has 4 rings (SSSR count). The van der Waals surface area contributed by atoms with Crippen molar-refractivity contribution in [2.24, 2.45) is 5.92 Å². The Morgan fingerprint density at radius 1 is 1.08 bits per heavy atom. The lowest BCUT2D eigenvalue weighted by atomic mass is 9.75. The summed E-state index contributed by atoms with van der Waals surface area (Å²) in [6.45, 7) is 0. The molecule has 1 aliphatic carbocycles. The molecule has 2 aromatic carbocycles. The van der Waals surface area contributed by atoms with Crippen LogP contribution in [0, 0.1) is 5.92 Å². The van der Waals surface area contributed by atoms with Gasteiger partial charge < -0.3 is 10.4 Å². The maximum absolute atomic E-state index is 12.8. The van der Waals surface area contributed by atoms with Crippen molar-refractivity contribution in [1.82, 2.24) is 10.3 Å². The van der Waals surface area contributed by atoms with E-state index in [0.29, 0.717) is 5.56 Å². The van der Waals surface area contributed by atoms with E-state index in [-0.39, 0.29) is 24.0 Å². The molecule has 1 amide bonds. The number of hydrogen-bond donors (Lipinski definition) is 2. The fourth-order valence-electron chi connectivity index (χ4n) is 3.46. The molecule has 4 nitrogen and oxygen atoms in total. The molecule has 0 aliphatic heterocycles. The van der Waals surface area contributed by atoms with Crippen LogP contribution in [0.3, 0.4) is 0 Å². The van der Waals surface area contributed by atoms with Crippen LogP contribution in [0.5, 0.6) is 0 Å². The van der Waals surface area contributed by atoms with Gasteiger partial charge in [-0.2, -0.15) is 0 Å². The Bertz CT molecular complexity index is 889. The first-order valence-corrected chi connectivity index (χ1v) is 8.59. The number of fused-ring (bicyclic) bond motifs is 1. The van der Waals surface area contributed by atoms with Crippen molar-refractivity contribution in [3.05, 3.63) is 78.0 Å². The second-order valence-corrected chi connectivity index (χ2v) is 6.66. The van der Waals surface area contributed by atoms with Gasteiger partial charge in [0.15, 0.2) is 0 Å². The molecule has 0 saturated heterocycles. The molecule has 1 atom stereocenters. The van der Waals surface area contributed by atoms with Crippen LogP contribution in [0.4, 0.5) is 0 Å². The minimum atomic E-state index is -0.254. The molecule has 3 aromatic rings. The van der Waals surface area contributed by atoms with Crippen LogP contribution in [-0.4, -0.2) is 22.1 Å². The average Bonchev–Trinajstić information content (AvgIpc) is 2.64. The summed E-state index contributed by atoms with van der Waals surface area (Å²) in [5, 5.41) is 13.8. The fraction of sp³-hybridized carbons (Fsp3) is 0.238. The van der Waals surface area contributed by atoms with Gasteiger partial charge in [-0.05, 0) is 36.5 Å². The van der Waals surface area contributed by atoms with E-state index in [0.717, 1.165) is 29.3 Å². The van der Waals surface area contributed by atoms with Crippen molar-refractivity contribution in [2.45, 2.75) is 25.0 Å². The number of pyridine rings is 1. The number of nitrogens with zero attached hydrogens (tertiary/aromatic N) is 1. The van der Waals surface area contributed by atoms with E-state index in [1.54, 1.807) is 6.20 Å². The number of carbonyl (C=O) groups excluding carboxylic acids is 1. The highest BCUT2D eigenvalue weighted by Crippen LogP contribution is 2.38. The Labute approximate surface area is 146 Å². The Balaban J connectivity index is 1.59. The zero-order valence-electron chi connectivity index (χ0n) is 13.8. The van der Waals surface area contributed by atoms with Gasteiger partial charge in [0.25, 0.3) is 5.91 Å². The van der Waals surface area contributed by atoms with Crippen LogP contribution in [0.2, 0.25) is 0 Å². The number of para-hydroxylation sites is 1. The first-order valence-electron chi connectivity index (χ1n) is 8.59. The lowest BCUT2D eigenvalue weighted by Crippen LogP contribution is -2.41. The number of amides is 1. The molecule has 0 radical (unpaired) electrons. The molecule has 0 spiro atoms. The summed E-state index contributed by atoms with van der Waals surface area (Å²) in [7, 11) is 0. The third-order valence-electron chi connectivity index (χ3n) is 4.92. The normalized spacial score (nSPS) is 20.7. The van der Waals surface area contributed by atoms with Gasteiger partial charge in [-0.1, -0.05) is 48.5 Å².